The number of rotatable bonds is 6. The Kier molecular flexibility index (Phi) is 4.88. The number of anilines is 1. The molecular weight excluding hydrogens is 308 g/mol. The Bertz CT molecular complexity index is 701. The SMILES string of the molecule is O=C(/C=C/c1cccs1)Nc1ccc(CC(=O)NC2CC2)cc1. The molecule has 1 saturated carbocycles. The van der Waals surface area contributed by atoms with Crippen LogP contribution in [0, 0.1) is 0 Å². The van der Waals surface area contributed by atoms with Crippen molar-refractivity contribution in [3.8, 4) is 0 Å². The average Bonchev–Trinajstić information content (AvgIpc) is 3.18. The van der Waals surface area contributed by atoms with E-state index in [4.69, 9.17) is 0 Å². The van der Waals surface area contributed by atoms with Crippen LogP contribution in [0.3, 0.4) is 0 Å². The highest BCUT2D eigenvalue weighted by molar-refractivity contribution is 7.10. The number of nitrogens with one attached hydrogen (secondary N) is 2. The van der Waals surface area contributed by atoms with Crippen molar-refractivity contribution in [2.45, 2.75) is 25.3 Å². The zero-order chi connectivity index (χ0) is 16.1. The van der Waals surface area contributed by atoms with E-state index < -0.39 is 0 Å². The number of amides is 2. The maximum Gasteiger partial charge on any atom is 0.248 e. The first-order valence-electron chi connectivity index (χ1n) is 7.60. The summed E-state index contributed by atoms with van der Waals surface area (Å²) in [5.41, 5.74) is 1.66. The summed E-state index contributed by atoms with van der Waals surface area (Å²) in [6.45, 7) is 0. The molecule has 0 aliphatic heterocycles. The molecule has 0 bridgehead atoms. The molecule has 0 atom stereocenters. The number of benzene rings is 1. The van der Waals surface area contributed by atoms with Crippen molar-refractivity contribution < 1.29 is 9.59 Å². The summed E-state index contributed by atoms with van der Waals surface area (Å²) >= 11 is 1.58. The average molecular weight is 326 g/mol. The van der Waals surface area contributed by atoms with Gasteiger partial charge in [0.2, 0.25) is 11.8 Å². The Labute approximate surface area is 139 Å². The van der Waals surface area contributed by atoms with Crippen LogP contribution >= 0.6 is 11.3 Å². The summed E-state index contributed by atoms with van der Waals surface area (Å²) in [6.07, 6.45) is 5.87. The normalized spacial score (nSPS) is 13.9. The Morgan fingerprint density at radius 3 is 2.61 bits per heavy atom. The zero-order valence-electron chi connectivity index (χ0n) is 12.6. The summed E-state index contributed by atoms with van der Waals surface area (Å²) in [5, 5.41) is 7.74. The third-order valence-corrected chi connectivity index (χ3v) is 4.31. The predicted molar refractivity (Wildman–Crippen MR) is 93.3 cm³/mol. The lowest BCUT2D eigenvalue weighted by Gasteiger charge is -2.05. The molecule has 1 heterocycles. The number of hydrogen-bond acceptors (Lipinski definition) is 3. The molecule has 1 aromatic heterocycles. The minimum atomic E-state index is -0.169. The zero-order valence-corrected chi connectivity index (χ0v) is 13.4. The molecule has 2 amide bonds. The van der Waals surface area contributed by atoms with E-state index in [1.807, 2.05) is 41.8 Å². The standard InChI is InChI=1S/C18H18N2O2S/c21-17(10-9-16-2-1-11-23-16)19-14-5-3-13(4-6-14)12-18(22)20-15-7-8-15/h1-6,9-11,15H,7-8,12H2,(H,19,21)(H,20,22)/b10-9+. The molecule has 2 N–H and O–H groups in total. The Balaban J connectivity index is 1.50. The third-order valence-electron chi connectivity index (χ3n) is 3.47. The fraction of sp³-hybridized carbons (Fsp3) is 0.222. The summed E-state index contributed by atoms with van der Waals surface area (Å²) in [6, 6.07) is 11.6. The molecule has 1 aromatic carbocycles. The molecule has 0 saturated heterocycles. The summed E-state index contributed by atoms with van der Waals surface area (Å²) < 4.78 is 0. The van der Waals surface area contributed by atoms with Crippen molar-refractivity contribution in [1.82, 2.24) is 5.32 Å². The van der Waals surface area contributed by atoms with Gasteiger partial charge in [-0.25, -0.2) is 0 Å². The van der Waals surface area contributed by atoms with Gasteiger partial charge in [-0.2, -0.15) is 0 Å². The Hall–Kier alpha value is -2.40. The summed E-state index contributed by atoms with van der Waals surface area (Å²) in [4.78, 5) is 24.6. The second-order valence-electron chi connectivity index (χ2n) is 5.55. The van der Waals surface area contributed by atoms with Gasteiger partial charge in [-0.3, -0.25) is 9.59 Å². The second kappa shape index (κ2) is 7.24. The molecule has 5 heteroatoms. The van der Waals surface area contributed by atoms with E-state index in [0.29, 0.717) is 12.5 Å². The minimum Gasteiger partial charge on any atom is -0.353 e. The van der Waals surface area contributed by atoms with Crippen molar-refractivity contribution in [3.05, 3.63) is 58.3 Å². The minimum absolute atomic E-state index is 0.0585. The number of hydrogen-bond donors (Lipinski definition) is 2. The first kappa shape index (κ1) is 15.5. The highest BCUT2D eigenvalue weighted by atomic mass is 32.1. The molecule has 1 aliphatic carbocycles. The Morgan fingerprint density at radius 1 is 1.17 bits per heavy atom. The fourth-order valence-corrected chi connectivity index (χ4v) is 2.74. The van der Waals surface area contributed by atoms with Crippen molar-refractivity contribution >= 4 is 34.9 Å². The lowest BCUT2D eigenvalue weighted by atomic mass is 10.1. The van der Waals surface area contributed by atoms with E-state index in [1.165, 1.54) is 6.08 Å². The lowest BCUT2D eigenvalue weighted by Crippen LogP contribution is -2.26. The van der Waals surface area contributed by atoms with Gasteiger partial charge in [0.1, 0.15) is 0 Å². The van der Waals surface area contributed by atoms with Crippen LogP contribution in [0.25, 0.3) is 6.08 Å². The highest BCUT2D eigenvalue weighted by Gasteiger charge is 2.22. The van der Waals surface area contributed by atoms with Crippen LogP contribution in [0.5, 0.6) is 0 Å². The van der Waals surface area contributed by atoms with Gasteiger partial charge in [0, 0.05) is 22.7 Å². The van der Waals surface area contributed by atoms with E-state index in [0.717, 1.165) is 29.0 Å². The topological polar surface area (TPSA) is 58.2 Å². The van der Waals surface area contributed by atoms with E-state index in [-0.39, 0.29) is 11.8 Å². The lowest BCUT2D eigenvalue weighted by molar-refractivity contribution is -0.120. The molecule has 0 radical (unpaired) electrons. The van der Waals surface area contributed by atoms with Crippen molar-refractivity contribution in [1.29, 1.82) is 0 Å². The first-order valence-corrected chi connectivity index (χ1v) is 8.48. The van der Waals surface area contributed by atoms with Gasteiger partial charge in [-0.1, -0.05) is 18.2 Å². The molecule has 4 nitrogen and oxygen atoms in total. The van der Waals surface area contributed by atoms with Crippen LogP contribution in [0.1, 0.15) is 23.3 Å². The molecule has 0 spiro atoms. The molecule has 0 unspecified atom stereocenters. The van der Waals surface area contributed by atoms with E-state index in [2.05, 4.69) is 10.6 Å². The van der Waals surface area contributed by atoms with Gasteiger partial charge in [-0.15, -0.1) is 11.3 Å². The van der Waals surface area contributed by atoms with Gasteiger partial charge < -0.3 is 10.6 Å². The Morgan fingerprint density at radius 2 is 1.96 bits per heavy atom. The van der Waals surface area contributed by atoms with Gasteiger partial charge in [-0.05, 0) is 48.1 Å². The smallest absolute Gasteiger partial charge is 0.248 e. The van der Waals surface area contributed by atoms with Crippen LogP contribution in [0.4, 0.5) is 5.69 Å². The van der Waals surface area contributed by atoms with E-state index in [1.54, 1.807) is 17.4 Å². The number of thiophene rings is 1. The molecule has 1 aliphatic rings. The molecule has 1 fully saturated rings. The van der Waals surface area contributed by atoms with Gasteiger partial charge in [0.15, 0.2) is 0 Å². The van der Waals surface area contributed by atoms with Crippen molar-refractivity contribution in [2.24, 2.45) is 0 Å². The van der Waals surface area contributed by atoms with Gasteiger partial charge >= 0.3 is 0 Å². The first-order chi connectivity index (χ1) is 11.2. The van der Waals surface area contributed by atoms with Gasteiger partial charge in [0.25, 0.3) is 0 Å². The molecule has 118 valence electrons. The maximum absolute atomic E-state index is 11.8. The summed E-state index contributed by atoms with van der Waals surface area (Å²) in [7, 11) is 0. The number of carbonyl (C=O) groups is 2. The molecule has 2 aromatic rings. The van der Waals surface area contributed by atoms with Gasteiger partial charge in [0.05, 0.1) is 6.42 Å². The summed E-state index contributed by atoms with van der Waals surface area (Å²) in [5.74, 6) is -0.110. The second-order valence-corrected chi connectivity index (χ2v) is 6.53. The predicted octanol–water partition coefficient (Wildman–Crippen LogP) is 3.22. The molecule has 3 rings (SSSR count). The van der Waals surface area contributed by atoms with Crippen molar-refractivity contribution in [2.75, 3.05) is 5.32 Å². The quantitative estimate of drug-likeness (QED) is 0.801. The molecule has 23 heavy (non-hydrogen) atoms. The molecular formula is C18H18N2O2S. The monoisotopic (exact) mass is 326 g/mol. The maximum atomic E-state index is 11.8. The van der Waals surface area contributed by atoms with E-state index >= 15 is 0 Å². The number of carbonyl (C=O) groups excluding carboxylic acids is 2. The van der Waals surface area contributed by atoms with Crippen LogP contribution < -0.4 is 10.6 Å². The van der Waals surface area contributed by atoms with Crippen LogP contribution in [-0.2, 0) is 16.0 Å². The largest absolute Gasteiger partial charge is 0.353 e. The third kappa shape index (κ3) is 5.07. The van der Waals surface area contributed by atoms with Crippen LogP contribution in [0.15, 0.2) is 47.9 Å². The highest BCUT2D eigenvalue weighted by Crippen LogP contribution is 2.19. The van der Waals surface area contributed by atoms with Crippen molar-refractivity contribution in [3.63, 3.8) is 0 Å². The van der Waals surface area contributed by atoms with Crippen LogP contribution in [-0.4, -0.2) is 17.9 Å². The van der Waals surface area contributed by atoms with Crippen LogP contribution in [0.2, 0.25) is 0 Å². The van der Waals surface area contributed by atoms with E-state index in [9.17, 15) is 9.59 Å². The fourth-order valence-electron chi connectivity index (χ4n) is 2.13.